The molecule has 0 aliphatic heterocycles. The molecular weight excluding hydrogens is 270 g/mol. The molecule has 4 heteroatoms. The lowest BCUT2D eigenvalue weighted by Crippen LogP contribution is -2.37. The summed E-state index contributed by atoms with van der Waals surface area (Å²) in [6, 6.07) is 4.00. The molecule has 1 rings (SSSR count). The maximum atomic E-state index is 6.11. The smallest absolute Gasteiger partial charge is 0.185 e. The lowest BCUT2D eigenvalue weighted by Gasteiger charge is -2.32. The monoisotopic (exact) mass is 287 g/mol. The Hall–Kier alpha value is -0.193. The number of pyridine rings is 1. The second-order valence-corrected chi connectivity index (χ2v) is 10.4. The summed E-state index contributed by atoms with van der Waals surface area (Å²) in [7, 11) is -1.54. The maximum Gasteiger partial charge on any atom is 0.185 e. The molecule has 1 heterocycles. The molecule has 0 aliphatic rings. The molecule has 0 aliphatic carbocycles. The van der Waals surface area contributed by atoms with Crippen LogP contribution in [0.25, 0.3) is 0 Å². The van der Waals surface area contributed by atoms with Crippen LogP contribution in [0.2, 0.25) is 19.6 Å². The minimum atomic E-state index is -1.54. The zero-order valence-corrected chi connectivity index (χ0v) is 12.6. The van der Waals surface area contributed by atoms with E-state index in [1.54, 1.807) is 0 Å². The summed E-state index contributed by atoms with van der Waals surface area (Å²) >= 11 is 3.38. The Balaban J connectivity index is 2.90. The molecule has 0 amide bonds. The van der Waals surface area contributed by atoms with E-state index in [0.717, 1.165) is 10.2 Å². The second-order valence-electron chi connectivity index (χ2n) is 5.09. The van der Waals surface area contributed by atoms with E-state index >= 15 is 0 Å². The highest BCUT2D eigenvalue weighted by Crippen LogP contribution is 2.27. The molecule has 0 radical (unpaired) electrons. The largest absolute Gasteiger partial charge is 0.407 e. The second kappa shape index (κ2) is 4.35. The van der Waals surface area contributed by atoms with Gasteiger partial charge in [-0.25, -0.2) is 0 Å². The predicted molar refractivity (Wildman–Crippen MR) is 69.4 cm³/mol. The fraction of sp³-hybridized carbons (Fsp3) is 0.545. The molecule has 0 fully saturated rings. The molecule has 1 aromatic rings. The zero-order valence-electron chi connectivity index (χ0n) is 9.97. The van der Waals surface area contributed by atoms with Crippen molar-refractivity contribution in [2.75, 3.05) is 0 Å². The first-order valence-corrected chi connectivity index (χ1v) is 9.23. The highest BCUT2D eigenvalue weighted by Gasteiger charge is 2.29. The molecule has 1 aromatic heterocycles. The minimum absolute atomic E-state index is 0.300. The van der Waals surface area contributed by atoms with E-state index in [0.29, 0.717) is 0 Å². The molecule has 0 aromatic carbocycles. The molecule has 0 N–H and O–H groups in total. The third kappa shape index (κ3) is 4.05. The SMILES string of the molecule is CC(C)(O[Si](C)(C)C)c1ccc(Br)cn1. The average molecular weight is 288 g/mol. The van der Waals surface area contributed by atoms with Gasteiger partial charge in [-0.15, -0.1) is 0 Å². The van der Waals surface area contributed by atoms with E-state index in [-0.39, 0.29) is 5.60 Å². The normalized spacial score (nSPS) is 12.9. The molecular formula is C11H18BrNOSi. The number of halogens is 1. The molecule has 2 nitrogen and oxygen atoms in total. The predicted octanol–water partition coefficient (Wildman–Crippen LogP) is 3.93. The van der Waals surface area contributed by atoms with Gasteiger partial charge >= 0.3 is 0 Å². The molecule has 0 spiro atoms. The van der Waals surface area contributed by atoms with Crippen LogP contribution >= 0.6 is 15.9 Å². The van der Waals surface area contributed by atoms with Crippen LogP contribution in [0, 0.1) is 0 Å². The summed E-state index contributed by atoms with van der Waals surface area (Å²) in [6.45, 7) is 10.7. The van der Waals surface area contributed by atoms with Crippen molar-refractivity contribution in [2.24, 2.45) is 0 Å². The molecule has 15 heavy (non-hydrogen) atoms. The summed E-state index contributed by atoms with van der Waals surface area (Å²) in [4.78, 5) is 4.38. The van der Waals surface area contributed by atoms with Gasteiger partial charge in [0.1, 0.15) is 0 Å². The van der Waals surface area contributed by atoms with Gasteiger partial charge < -0.3 is 4.43 Å². The van der Waals surface area contributed by atoms with Crippen molar-refractivity contribution in [3.8, 4) is 0 Å². The highest BCUT2D eigenvalue weighted by molar-refractivity contribution is 9.10. The van der Waals surface area contributed by atoms with Crippen LogP contribution in [0.5, 0.6) is 0 Å². The van der Waals surface area contributed by atoms with E-state index in [4.69, 9.17) is 4.43 Å². The molecule has 0 bridgehead atoms. The van der Waals surface area contributed by atoms with Gasteiger partial charge in [-0.05, 0) is 61.6 Å². The van der Waals surface area contributed by atoms with Crippen LogP contribution in [0.3, 0.4) is 0 Å². The average Bonchev–Trinajstić information content (AvgIpc) is 2.00. The Morgan fingerprint density at radius 2 is 1.87 bits per heavy atom. The van der Waals surface area contributed by atoms with Crippen LogP contribution < -0.4 is 0 Å². The molecule has 0 saturated heterocycles. The van der Waals surface area contributed by atoms with Crippen molar-refractivity contribution >= 4 is 24.2 Å². The number of hydrogen-bond acceptors (Lipinski definition) is 2. The van der Waals surface area contributed by atoms with Crippen LogP contribution in [0.4, 0.5) is 0 Å². The van der Waals surface area contributed by atoms with Crippen molar-refractivity contribution in [1.29, 1.82) is 0 Å². The van der Waals surface area contributed by atoms with Gasteiger partial charge in [-0.1, -0.05) is 0 Å². The van der Waals surface area contributed by atoms with Gasteiger partial charge in [0.25, 0.3) is 0 Å². The van der Waals surface area contributed by atoms with Gasteiger partial charge in [0, 0.05) is 10.7 Å². The van der Waals surface area contributed by atoms with Gasteiger partial charge in [-0.3, -0.25) is 4.98 Å². The van der Waals surface area contributed by atoms with Gasteiger partial charge in [0.2, 0.25) is 0 Å². The highest BCUT2D eigenvalue weighted by atomic mass is 79.9. The van der Waals surface area contributed by atoms with E-state index in [9.17, 15) is 0 Å². The Labute approximate surface area is 101 Å². The van der Waals surface area contributed by atoms with Gasteiger partial charge in [0.05, 0.1) is 11.3 Å². The van der Waals surface area contributed by atoms with Crippen molar-refractivity contribution in [1.82, 2.24) is 4.98 Å². The maximum absolute atomic E-state index is 6.11. The van der Waals surface area contributed by atoms with Crippen molar-refractivity contribution in [2.45, 2.75) is 39.1 Å². The molecule has 0 saturated carbocycles. The topological polar surface area (TPSA) is 22.1 Å². The summed E-state index contributed by atoms with van der Waals surface area (Å²) in [6.07, 6.45) is 1.81. The third-order valence-electron chi connectivity index (χ3n) is 1.91. The van der Waals surface area contributed by atoms with Crippen molar-refractivity contribution < 1.29 is 4.43 Å². The van der Waals surface area contributed by atoms with E-state index in [2.05, 4.69) is 54.4 Å². The standard InChI is InChI=1S/C11H18BrNOSi/c1-11(2,14-15(3,4)5)10-7-6-9(12)8-13-10/h6-8H,1-5H3. The fourth-order valence-corrected chi connectivity index (χ4v) is 3.42. The van der Waals surface area contributed by atoms with Crippen LogP contribution in [-0.2, 0) is 10.0 Å². The van der Waals surface area contributed by atoms with Gasteiger partial charge in [0.15, 0.2) is 8.32 Å². The third-order valence-corrected chi connectivity index (χ3v) is 3.50. The minimum Gasteiger partial charge on any atom is -0.407 e. The quantitative estimate of drug-likeness (QED) is 0.786. The first kappa shape index (κ1) is 12.9. The Kier molecular flexibility index (Phi) is 3.74. The van der Waals surface area contributed by atoms with Crippen molar-refractivity contribution in [3.05, 3.63) is 28.5 Å². The molecule has 84 valence electrons. The van der Waals surface area contributed by atoms with Crippen LogP contribution in [0.1, 0.15) is 19.5 Å². The Morgan fingerprint density at radius 3 is 2.27 bits per heavy atom. The van der Waals surface area contributed by atoms with Gasteiger partial charge in [-0.2, -0.15) is 0 Å². The summed E-state index contributed by atoms with van der Waals surface area (Å²) in [5.74, 6) is 0. The molecule has 0 atom stereocenters. The number of hydrogen-bond donors (Lipinski definition) is 0. The summed E-state index contributed by atoms with van der Waals surface area (Å²) in [5.41, 5.74) is 0.679. The van der Waals surface area contributed by atoms with Crippen LogP contribution in [-0.4, -0.2) is 13.3 Å². The molecule has 0 unspecified atom stereocenters. The fourth-order valence-electron chi connectivity index (χ4n) is 1.55. The first-order chi connectivity index (χ1) is 6.71. The zero-order chi connectivity index (χ0) is 11.7. The Morgan fingerprint density at radius 1 is 1.27 bits per heavy atom. The van der Waals surface area contributed by atoms with E-state index in [1.165, 1.54) is 0 Å². The number of aromatic nitrogens is 1. The lowest BCUT2D eigenvalue weighted by molar-refractivity contribution is 0.0951. The first-order valence-electron chi connectivity index (χ1n) is 5.03. The lowest BCUT2D eigenvalue weighted by atomic mass is 10.1. The number of rotatable bonds is 3. The van der Waals surface area contributed by atoms with E-state index < -0.39 is 8.32 Å². The van der Waals surface area contributed by atoms with E-state index in [1.807, 2.05) is 18.3 Å². The summed E-state index contributed by atoms with van der Waals surface area (Å²) < 4.78 is 7.11. The van der Waals surface area contributed by atoms with Crippen molar-refractivity contribution in [3.63, 3.8) is 0 Å². The number of nitrogens with zero attached hydrogens (tertiary/aromatic N) is 1. The van der Waals surface area contributed by atoms with Crippen LogP contribution in [0.15, 0.2) is 22.8 Å². The Bertz CT molecular complexity index is 329. The summed E-state index contributed by atoms with van der Waals surface area (Å²) in [5, 5.41) is 0.